The number of ketones is 1. The van der Waals surface area contributed by atoms with Crippen LogP contribution in [0.2, 0.25) is 0 Å². The summed E-state index contributed by atoms with van der Waals surface area (Å²) in [6.45, 7) is 1.81. The van der Waals surface area contributed by atoms with Gasteiger partial charge in [0.2, 0.25) is 0 Å². The molecule has 4 aromatic rings. The number of carbonyl (C=O) groups excluding carboxylic acids is 1. The topological polar surface area (TPSA) is 56.0 Å². The number of carbonyl (C=O) groups is 1. The van der Waals surface area contributed by atoms with Crippen molar-refractivity contribution in [1.29, 1.82) is 0 Å². The minimum Gasteiger partial charge on any atom is -0.451 e. The van der Waals surface area contributed by atoms with Crippen LogP contribution in [-0.2, 0) is 0 Å². The Morgan fingerprint density at radius 1 is 1.12 bits per heavy atom. The van der Waals surface area contributed by atoms with E-state index in [-0.39, 0.29) is 17.4 Å². The van der Waals surface area contributed by atoms with Gasteiger partial charge in [-0.15, -0.1) is 0 Å². The maximum absolute atomic E-state index is 13.0. The zero-order chi connectivity index (χ0) is 17.4. The second-order valence-corrected chi connectivity index (χ2v) is 6.53. The predicted molar refractivity (Wildman–Crippen MR) is 95.5 cm³/mol. The Kier molecular flexibility index (Phi) is 3.97. The van der Waals surface area contributed by atoms with Crippen molar-refractivity contribution in [2.24, 2.45) is 0 Å². The summed E-state index contributed by atoms with van der Waals surface area (Å²) in [5, 5.41) is 1.56. The molecular weight excluding hydrogens is 339 g/mol. The molecule has 0 fully saturated rings. The van der Waals surface area contributed by atoms with E-state index in [1.54, 1.807) is 0 Å². The van der Waals surface area contributed by atoms with Crippen LogP contribution in [0.3, 0.4) is 0 Å². The highest BCUT2D eigenvalue weighted by molar-refractivity contribution is 8.00. The van der Waals surface area contributed by atoms with Crippen molar-refractivity contribution in [3.05, 3.63) is 65.7 Å². The molecule has 0 aliphatic heterocycles. The number of para-hydroxylation sites is 1. The fraction of sp³-hybridized carbons (Fsp3) is 0.105. The van der Waals surface area contributed by atoms with E-state index < -0.39 is 0 Å². The van der Waals surface area contributed by atoms with Crippen LogP contribution < -0.4 is 0 Å². The highest BCUT2D eigenvalue weighted by Crippen LogP contribution is 2.33. The SMILES string of the molecule is Cc1nc(SCC(=O)c2ccc(F)cc2)c2oc3ccccc3c2n1. The number of rotatable bonds is 4. The fourth-order valence-electron chi connectivity index (χ4n) is 2.62. The number of fused-ring (bicyclic) bond motifs is 3. The van der Waals surface area contributed by atoms with Crippen molar-refractivity contribution in [3.63, 3.8) is 0 Å². The summed E-state index contributed by atoms with van der Waals surface area (Å²) in [5.41, 5.74) is 2.55. The average Bonchev–Trinajstić information content (AvgIpc) is 2.99. The van der Waals surface area contributed by atoms with Gasteiger partial charge in [0.15, 0.2) is 11.4 Å². The molecule has 4 rings (SSSR count). The standard InChI is InChI=1S/C19H13FN2O2S/c1-11-21-17-14-4-2-3-5-16(14)24-18(17)19(22-11)25-10-15(23)12-6-8-13(20)9-7-12/h2-9H,10H2,1H3. The number of hydrogen-bond acceptors (Lipinski definition) is 5. The molecule has 0 saturated heterocycles. The molecule has 2 aromatic carbocycles. The Bertz CT molecular complexity index is 1090. The van der Waals surface area contributed by atoms with Gasteiger partial charge in [-0.1, -0.05) is 23.9 Å². The van der Waals surface area contributed by atoms with Gasteiger partial charge in [0.25, 0.3) is 0 Å². The number of halogens is 1. The summed E-state index contributed by atoms with van der Waals surface area (Å²) in [5.74, 6) is 0.356. The second-order valence-electron chi connectivity index (χ2n) is 5.57. The molecule has 0 unspecified atom stereocenters. The largest absolute Gasteiger partial charge is 0.451 e. The van der Waals surface area contributed by atoms with Crippen LogP contribution in [0.5, 0.6) is 0 Å². The lowest BCUT2D eigenvalue weighted by Crippen LogP contribution is -2.03. The molecule has 0 amide bonds. The summed E-state index contributed by atoms with van der Waals surface area (Å²) in [6, 6.07) is 13.2. The lowest BCUT2D eigenvalue weighted by Gasteiger charge is -2.03. The molecule has 0 saturated carbocycles. The maximum Gasteiger partial charge on any atom is 0.186 e. The third-order valence-corrected chi connectivity index (χ3v) is 4.76. The number of aromatic nitrogens is 2. The molecule has 0 N–H and O–H groups in total. The van der Waals surface area contributed by atoms with Crippen LogP contribution in [0, 0.1) is 12.7 Å². The first-order valence-corrected chi connectivity index (χ1v) is 8.68. The first-order chi connectivity index (χ1) is 12.1. The smallest absolute Gasteiger partial charge is 0.186 e. The van der Waals surface area contributed by atoms with Crippen molar-refractivity contribution >= 4 is 39.6 Å². The fourth-order valence-corrected chi connectivity index (χ4v) is 3.52. The van der Waals surface area contributed by atoms with Gasteiger partial charge >= 0.3 is 0 Å². The highest BCUT2D eigenvalue weighted by Gasteiger charge is 2.16. The lowest BCUT2D eigenvalue weighted by molar-refractivity contribution is 0.102. The number of aryl methyl sites for hydroxylation is 1. The van der Waals surface area contributed by atoms with E-state index in [1.807, 2.05) is 31.2 Å². The first kappa shape index (κ1) is 15.8. The Morgan fingerprint density at radius 2 is 1.88 bits per heavy atom. The summed E-state index contributed by atoms with van der Waals surface area (Å²) in [7, 11) is 0. The van der Waals surface area contributed by atoms with Crippen molar-refractivity contribution in [2.45, 2.75) is 11.9 Å². The minimum absolute atomic E-state index is 0.0921. The average molecular weight is 352 g/mol. The number of hydrogen-bond donors (Lipinski definition) is 0. The van der Waals surface area contributed by atoms with Gasteiger partial charge in [-0.2, -0.15) is 0 Å². The van der Waals surface area contributed by atoms with Crippen LogP contribution in [0.1, 0.15) is 16.2 Å². The zero-order valence-electron chi connectivity index (χ0n) is 13.3. The van der Waals surface area contributed by atoms with Gasteiger partial charge in [0.1, 0.15) is 27.8 Å². The van der Waals surface area contributed by atoms with Gasteiger partial charge in [-0.05, 0) is 43.3 Å². The van der Waals surface area contributed by atoms with Crippen LogP contribution in [0.4, 0.5) is 4.39 Å². The van der Waals surface area contributed by atoms with Crippen molar-refractivity contribution in [2.75, 3.05) is 5.75 Å². The van der Waals surface area contributed by atoms with Gasteiger partial charge in [-0.25, -0.2) is 14.4 Å². The molecular formula is C19H13FN2O2S. The minimum atomic E-state index is -0.361. The summed E-state index contributed by atoms with van der Waals surface area (Å²) >= 11 is 1.30. The summed E-state index contributed by atoms with van der Waals surface area (Å²) in [4.78, 5) is 21.2. The lowest BCUT2D eigenvalue weighted by atomic mass is 10.1. The Labute approximate surface area is 147 Å². The monoisotopic (exact) mass is 352 g/mol. The second kappa shape index (κ2) is 6.29. The van der Waals surface area contributed by atoms with Crippen molar-refractivity contribution < 1.29 is 13.6 Å². The van der Waals surface area contributed by atoms with E-state index in [2.05, 4.69) is 9.97 Å². The first-order valence-electron chi connectivity index (χ1n) is 7.69. The van der Waals surface area contributed by atoms with Crippen LogP contribution in [0.15, 0.2) is 58.0 Å². The quantitative estimate of drug-likeness (QED) is 0.300. The van der Waals surface area contributed by atoms with E-state index in [4.69, 9.17) is 4.42 Å². The summed E-state index contributed by atoms with van der Waals surface area (Å²) < 4.78 is 18.9. The molecule has 0 bridgehead atoms. The maximum atomic E-state index is 13.0. The molecule has 0 atom stereocenters. The van der Waals surface area contributed by atoms with E-state index in [0.717, 1.165) is 16.5 Å². The molecule has 6 heteroatoms. The van der Waals surface area contributed by atoms with Gasteiger partial charge < -0.3 is 4.42 Å². The van der Waals surface area contributed by atoms with E-state index in [0.29, 0.717) is 22.0 Å². The van der Waals surface area contributed by atoms with Crippen LogP contribution >= 0.6 is 11.8 Å². The van der Waals surface area contributed by atoms with E-state index in [1.165, 1.54) is 36.0 Å². The third kappa shape index (κ3) is 3.00. The molecule has 4 nitrogen and oxygen atoms in total. The molecule has 2 heterocycles. The van der Waals surface area contributed by atoms with E-state index in [9.17, 15) is 9.18 Å². The third-order valence-electron chi connectivity index (χ3n) is 3.81. The Hall–Kier alpha value is -2.73. The van der Waals surface area contributed by atoms with Crippen LogP contribution in [0.25, 0.3) is 22.1 Å². The molecule has 0 aliphatic carbocycles. The molecule has 25 heavy (non-hydrogen) atoms. The Balaban J connectivity index is 1.67. The van der Waals surface area contributed by atoms with E-state index >= 15 is 0 Å². The number of Topliss-reactive ketones (excluding diaryl/α,β-unsaturated/α-hetero) is 1. The predicted octanol–water partition coefficient (Wildman–Crippen LogP) is 4.80. The number of thioether (sulfide) groups is 1. The number of benzene rings is 2. The Morgan fingerprint density at radius 3 is 2.68 bits per heavy atom. The zero-order valence-corrected chi connectivity index (χ0v) is 14.1. The van der Waals surface area contributed by atoms with Crippen molar-refractivity contribution in [3.8, 4) is 0 Å². The number of nitrogens with zero attached hydrogens (tertiary/aromatic N) is 2. The van der Waals surface area contributed by atoms with Gasteiger partial charge in [0.05, 0.1) is 5.75 Å². The molecule has 0 spiro atoms. The number of furan rings is 1. The molecule has 0 radical (unpaired) electrons. The summed E-state index contributed by atoms with van der Waals surface area (Å²) in [6.07, 6.45) is 0. The normalized spacial score (nSPS) is 11.3. The molecule has 2 aromatic heterocycles. The van der Waals surface area contributed by atoms with Gasteiger partial charge in [0, 0.05) is 10.9 Å². The van der Waals surface area contributed by atoms with Crippen molar-refractivity contribution in [1.82, 2.24) is 9.97 Å². The highest BCUT2D eigenvalue weighted by atomic mass is 32.2. The van der Waals surface area contributed by atoms with Crippen LogP contribution in [-0.4, -0.2) is 21.5 Å². The molecule has 124 valence electrons. The molecule has 0 aliphatic rings. The van der Waals surface area contributed by atoms with Gasteiger partial charge in [-0.3, -0.25) is 4.79 Å².